The fraction of sp³-hybridized carbons (Fsp3) is 0.130. The fourth-order valence-electron chi connectivity index (χ4n) is 3.02. The summed E-state index contributed by atoms with van der Waals surface area (Å²) in [5.41, 5.74) is 0.288. The van der Waals surface area contributed by atoms with Gasteiger partial charge in [-0.25, -0.2) is 13.8 Å². The summed E-state index contributed by atoms with van der Waals surface area (Å²) in [5, 5.41) is 11.1. The Kier molecular flexibility index (Phi) is 7.06. The minimum absolute atomic E-state index is 0.0264. The second-order valence-corrected chi connectivity index (χ2v) is 7.67. The molecule has 2 aromatic carbocycles. The summed E-state index contributed by atoms with van der Waals surface area (Å²) in [6.45, 7) is 1.91. The first kappa shape index (κ1) is 23.9. The molecule has 2 heterocycles. The van der Waals surface area contributed by atoms with Crippen molar-refractivity contribution in [1.82, 2.24) is 20.5 Å². The van der Waals surface area contributed by atoms with Crippen LogP contribution in [0.3, 0.4) is 0 Å². The minimum atomic E-state index is -1.22. The van der Waals surface area contributed by atoms with E-state index in [9.17, 15) is 18.4 Å². The average Bonchev–Trinajstić information content (AvgIpc) is 3.45. The van der Waals surface area contributed by atoms with Crippen LogP contribution in [0.5, 0.6) is 5.75 Å². The largest absolute Gasteiger partial charge is 0.484 e. The van der Waals surface area contributed by atoms with E-state index in [1.54, 1.807) is 6.92 Å². The summed E-state index contributed by atoms with van der Waals surface area (Å²) in [7, 11) is 0. The number of hydrogen-bond acceptors (Lipinski definition) is 6. The first-order valence-corrected chi connectivity index (χ1v) is 10.6. The predicted molar refractivity (Wildman–Crippen MR) is 121 cm³/mol. The van der Waals surface area contributed by atoms with E-state index in [2.05, 4.69) is 25.8 Å². The van der Waals surface area contributed by atoms with Crippen molar-refractivity contribution < 1.29 is 27.5 Å². The Morgan fingerprint density at radius 3 is 2.63 bits per heavy atom. The number of aryl methyl sites for hydroxylation is 1. The molecule has 0 spiro atoms. The molecule has 2 amide bonds. The predicted octanol–water partition coefficient (Wildman–Crippen LogP) is 4.40. The quantitative estimate of drug-likeness (QED) is 0.308. The second-order valence-electron chi connectivity index (χ2n) is 7.27. The van der Waals surface area contributed by atoms with Gasteiger partial charge in [-0.15, -0.1) is 0 Å². The van der Waals surface area contributed by atoms with Gasteiger partial charge in [-0.3, -0.25) is 14.7 Å². The first-order valence-electron chi connectivity index (χ1n) is 10.2. The molecular formula is C23H18ClF2N5O4. The van der Waals surface area contributed by atoms with Crippen molar-refractivity contribution in [3.8, 4) is 5.75 Å². The number of benzene rings is 2. The Bertz CT molecular complexity index is 1370. The number of ether oxygens (including phenoxy) is 1. The summed E-state index contributed by atoms with van der Waals surface area (Å²) in [5.74, 6) is -2.23. The highest BCUT2D eigenvalue weighted by atomic mass is 35.5. The monoisotopic (exact) mass is 501 g/mol. The summed E-state index contributed by atoms with van der Waals surface area (Å²) in [6.07, 6.45) is 0. The lowest BCUT2D eigenvalue weighted by Gasteiger charge is -2.05. The van der Waals surface area contributed by atoms with E-state index < -0.39 is 23.4 Å². The number of anilines is 1. The van der Waals surface area contributed by atoms with Crippen LogP contribution in [0.1, 0.15) is 38.2 Å². The number of hydrogen-bond donors (Lipinski definition) is 3. The van der Waals surface area contributed by atoms with E-state index in [1.807, 2.05) is 30.3 Å². The molecule has 4 aromatic rings. The van der Waals surface area contributed by atoms with Crippen LogP contribution in [-0.4, -0.2) is 27.0 Å². The molecule has 180 valence electrons. The number of carbonyl (C=O) groups is 2. The van der Waals surface area contributed by atoms with Crippen molar-refractivity contribution in [2.75, 3.05) is 5.32 Å². The SMILES string of the molecule is Cc1nc(COc2ccccc2)oc1CNC(=O)c1cc(NC(=O)c2cc(F)c(F)cc2Cl)[nH]n1. The maximum absolute atomic E-state index is 13.4. The highest BCUT2D eigenvalue weighted by Crippen LogP contribution is 2.21. The molecule has 0 saturated heterocycles. The lowest BCUT2D eigenvalue weighted by atomic mass is 10.2. The summed E-state index contributed by atoms with van der Waals surface area (Å²) >= 11 is 5.80. The van der Waals surface area contributed by atoms with Crippen LogP contribution < -0.4 is 15.4 Å². The smallest absolute Gasteiger partial charge is 0.272 e. The van der Waals surface area contributed by atoms with Crippen LogP contribution in [0, 0.1) is 18.6 Å². The number of oxazole rings is 1. The molecule has 0 bridgehead atoms. The van der Waals surface area contributed by atoms with Gasteiger partial charge >= 0.3 is 0 Å². The first-order chi connectivity index (χ1) is 16.8. The number of amides is 2. The van der Waals surface area contributed by atoms with Crippen LogP contribution >= 0.6 is 11.6 Å². The van der Waals surface area contributed by atoms with Gasteiger partial charge in [-0.2, -0.15) is 5.10 Å². The molecule has 0 aliphatic carbocycles. The van der Waals surface area contributed by atoms with Crippen LogP contribution in [-0.2, 0) is 13.2 Å². The maximum atomic E-state index is 13.4. The molecule has 0 unspecified atom stereocenters. The zero-order valence-corrected chi connectivity index (χ0v) is 19.0. The van der Waals surface area contributed by atoms with Crippen molar-refractivity contribution in [3.63, 3.8) is 0 Å². The number of halogens is 3. The average molecular weight is 502 g/mol. The number of para-hydroxylation sites is 1. The Hall–Kier alpha value is -4.25. The molecule has 4 rings (SSSR count). The summed E-state index contributed by atoms with van der Waals surface area (Å²) in [6, 6.07) is 11.8. The molecule has 3 N–H and O–H groups in total. The summed E-state index contributed by atoms with van der Waals surface area (Å²) < 4.78 is 37.9. The molecule has 0 saturated carbocycles. The summed E-state index contributed by atoms with van der Waals surface area (Å²) in [4.78, 5) is 29.0. The Balaban J connectivity index is 1.33. The molecule has 0 aliphatic rings. The van der Waals surface area contributed by atoms with Gasteiger partial charge in [-0.1, -0.05) is 29.8 Å². The molecule has 0 radical (unpaired) electrons. The van der Waals surface area contributed by atoms with Crippen molar-refractivity contribution >= 4 is 29.2 Å². The Labute approximate surface area is 202 Å². The lowest BCUT2D eigenvalue weighted by Crippen LogP contribution is -2.23. The van der Waals surface area contributed by atoms with Gasteiger partial charge in [-0.05, 0) is 31.2 Å². The van der Waals surface area contributed by atoms with E-state index in [1.165, 1.54) is 6.07 Å². The third-order valence-corrected chi connectivity index (χ3v) is 5.08. The van der Waals surface area contributed by atoms with E-state index in [4.69, 9.17) is 20.8 Å². The third-order valence-electron chi connectivity index (χ3n) is 4.77. The van der Waals surface area contributed by atoms with E-state index in [0.717, 1.165) is 0 Å². The number of nitrogens with zero attached hydrogens (tertiary/aromatic N) is 2. The molecule has 0 atom stereocenters. The van der Waals surface area contributed by atoms with Crippen LogP contribution in [0.15, 0.2) is 52.9 Å². The van der Waals surface area contributed by atoms with Crippen molar-refractivity contribution in [1.29, 1.82) is 0 Å². The standard InChI is InChI=1S/C23H18ClF2N5O4/c1-12-19(35-21(28-12)11-34-13-5-3-2-4-6-13)10-27-23(33)18-9-20(31-30-18)29-22(32)14-7-16(25)17(26)8-15(14)24/h2-9H,10-11H2,1H3,(H,27,33)(H2,29,30,31,32). The zero-order chi connectivity index (χ0) is 24.9. The van der Waals surface area contributed by atoms with Gasteiger partial charge in [0.1, 0.15) is 17.3 Å². The fourth-order valence-corrected chi connectivity index (χ4v) is 3.25. The number of nitrogens with one attached hydrogen (secondary N) is 3. The molecule has 2 aromatic heterocycles. The van der Waals surface area contributed by atoms with Gasteiger partial charge in [0.15, 0.2) is 23.9 Å². The van der Waals surface area contributed by atoms with Gasteiger partial charge in [0.25, 0.3) is 11.8 Å². The van der Waals surface area contributed by atoms with Gasteiger partial charge in [0, 0.05) is 6.07 Å². The lowest BCUT2D eigenvalue weighted by molar-refractivity contribution is 0.0941. The van der Waals surface area contributed by atoms with Gasteiger partial charge < -0.3 is 19.8 Å². The van der Waals surface area contributed by atoms with Crippen LogP contribution in [0.2, 0.25) is 5.02 Å². The third kappa shape index (κ3) is 5.82. The van der Waals surface area contributed by atoms with Crippen molar-refractivity contribution in [2.24, 2.45) is 0 Å². The topological polar surface area (TPSA) is 122 Å². The van der Waals surface area contributed by atoms with Gasteiger partial charge in [0.2, 0.25) is 5.89 Å². The molecule has 0 fully saturated rings. The molecule has 35 heavy (non-hydrogen) atoms. The van der Waals surface area contributed by atoms with E-state index >= 15 is 0 Å². The normalized spacial score (nSPS) is 10.7. The van der Waals surface area contributed by atoms with Crippen molar-refractivity contribution in [3.05, 3.63) is 93.8 Å². The van der Waals surface area contributed by atoms with Crippen molar-refractivity contribution in [2.45, 2.75) is 20.1 Å². The number of carbonyl (C=O) groups excluding carboxylic acids is 2. The maximum Gasteiger partial charge on any atom is 0.272 e. The van der Waals surface area contributed by atoms with Crippen LogP contribution in [0.4, 0.5) is 14.6 Å². The number of H-pyrrole nitrogens is 1. The van der Waals surface area contributed by atoms with Gasteiger partial charge in [0.05, 0.1) is 22.8 Å². The highest BCUT2D eigenvalue weighted by molar-refractivity contribution is 6.34. The number of rotatable bonds is 8. The molecular weight excluding hydrogens is 484 g/mol. The molecule has 12 heteroatoms. The second kappa shape index (κ2) is 10.3. The number of aromatic nitrogens is 3. The highest BCUT2D eigenvalue weighted by Gasteiger charge is 2.18. The van der Waals surface area contributed by atoms with E-state index in [-0.39, 0.29) is 35.2 Å². The van der Waals surface area contributed by atoms with E-state index in [0.29, 0.717) is 35.2 Å². The number of aromatic amines is 1. The Morgan fingerprint density at radius 2 is 1.86 bits per heavy atom. The molecule has 0 aliphatic heterocycles. The zero-order valence-electron chi connectivity index (χ0n) is 18.2. The minimum Gasteiger partial charge on any atom is -0.484 e. The molecule has 9 nitrogen and oxygen atoms in total. The van der Waals surface area contributed by atoms with Crippen LogP contribution in [0.25, 0.3) is 0 Å². The Morgan fingerprint density at radius 1 is 1.11 bits per heavy atom.